The molecule has 5 heteroatoms. The van der Waals surface area contributed by atoms with E-state index in [2.05, 4.69) is 10.2 Å². The molecule has 0 atom stereocenters. The number of aromatic carboxylic acids is 1. The monoisotopic (exact) mass is 248 g/mol. The second-order valence-electron chi connectivity index (χ2n) is 4.34. The molecule has 1 fully saturated rings. The van der Waals surface area contributed by atoms with Crippen molar-refractivity contribution in [3.63, 3.8) is 0 Å². The highest BCUT2D eigenvalue weighted by molar-refractivity contribution is 5.89. The van der Waals surface area contributed by atoms with Crippen LogP contribution in [0, 0.1) is 0 Å². The van der Waals surface area contributed by atoms with Gasteiger partial charge in [0.2, 0.25) is 5.91 Å². The lowest BCUT2D eigenvalue weighted by molar-refractivity contribution is -0.120. The molecule has 0 unspecified atom stereocenters. The third kappa shape index (κ3) is 3.07. The Kier molecular flexibility index (Phi) is 3.94. The summed E-state index contributed by atoms with van der Waals surface area (Å²) in [6, 6.07) is 6.99. The van der Waals surface area contributed by atoms with Gasteiger partial charge in [0.15, 0.2) is 0 Å². The number of carboxylic acid groups (broad SMARTS) is 1. The van der Waals surface area contributed by atoms with Gasteiger partial charge in [0.05, 0.1) is 5.56 Å². The number of nitrogens with zero attached hydrogens (tertiary/aromatic N) is 1. The maximum Gasteiger partial charge on any atom is 0.336 e. The van der Waals surface area contributed by atoms with Crippen LogP contribution in [0.3, 0.4) is 0 Å². The molecule has 1 saturated heterocycles. The predicted molar refractivity (Wildman–Crippen MR) is 66.3 cm³/mol. The smallest absolute Gasteiger partial charge is 0.336 e. The van der Waals surface area contributed by atoms with Crippen molar-refractivity contribution in [2.24, 2.45) is 0 Å². The van der Waals surface area contributed by atoms with E-state index in [0.29, 0.717) is 31.6 Å². The standard InChI is InChI=1S/C13H16N2O3/c16-12-5-7-15(8-6-14-12)9-10-3-1-2-4-11(10)13(17)18/h1-4H,5-9H2,(H,14,16)(H,17,18). The normalized spacial score (nSPS) is 17.0. The molecule has 2 rings (SSSR count). The van der Waals surface area contributed by atoms with E-state index in [9.17, 15) is 9.59 Å². The van der Waals surface area contributed by atoms with Crippen LogP contribution in [0.15, 0.2) is 24.3 Å². The first-order chi connectivity index (χ1) is 8.66. The first kappa shape index (κ1) is 12.6. The first-order valence-corrected chi connectivity index (χ1v) is 5.97. The molecule has 1 aliphatic rings. The SMILES string of the molecule is O=C1CCN(Cc2ccccc2C(=O)O)CCN1. The van der Waals surface area contributed by atoms with Crippen molar-refractivity contribution in [1.82, 2.24) is 10.2 Å². The Morgan fingerprint density at radius 3 is 2.89 bits per heavy atom. The van der Waals surface area contributed by atoms with Crippen molar-refractivity contribution in [3.8, 4) is 0 Å². The maximum absolute atomic E-state index is 11.2. The van der Waals surface area contributed by atoms with E-state index < -0.39 is 5.97 Å². The Labute approximate surface area is 105 Å². The summed E-state index contributed by atoms with van der Waals surface area (Å²) in [7, 11) is 0. The summed E-state index contributed by atoms with van der Waals surface area (Å²) >= 11 is 0. The highest BCUT2D eigenvalue weighted by Crippen LogP contribution is 2.12. The van der Waals surface area contributed by atoms with Crippen molar-refractivity contribution >= 4 is 11.9 Å². The summed E-state index contributed by atoms with van der Waals surface area (Å²) in [6.45, 7) is 2.60. The van der Waals surface area contributed by atoms with E-state index in [-0.39, 0.29) is 5.91 Å². The number of nitrogens with one attached hydrogen (secondary N) is 1. The van der Waals surface area contributed by atoms with Gasteiger partial charge in [-0.1, -0.05) is 18.2 Å². The third-order valence-corrected chi connectivity index (χ3v) is 3.05. The van der Waals surface area contributed by atoms with Crippen LogP contribution in [-0.4, -0.2) is 41.5 Å². The highest BCUT2D eigenvalue weighted by atomic mass is 16.4. The molecule has 1 amide bonds. The minimum absolute atomic E-state index is 0.0593. The maximum atomic E-state index is 11.2. The van der Waals surface area contributed by atoms with Crippen molar-refractivity contribution in [3.05, 3.63) is 35.4 Å². The van der Waals surface area contributed by atoms with Gasteiger partial charge in [-0.05, 0) is 11.6 Å². The summed E-state index contributed by atoms with van der Waals surface area (Å²) in [4.78, 5) is 24.4. The molecule has 96 valence electrons. The molecular weight excluding hydrogens is 232 g/mol. The van der Waals surface area contributed by atoms with Crippen LogP contribution in [0.25, 0.3) is 0 Å². The number of amides is 1. The summed E-state index contributed by atoms with van der Waals surface area (Å²) in [6.07, 6.45) is 0.467. The zero-order valence-electron chi connectivity index (χ0n) is 10.1. The fourth-order valence-corrected chi connectivity index (χ4v) is 2.08. The molecule has 0 aliphatic carbocycles. The summed E-state index contributed by atoms with van der Waals surface area (Å²) in [5.41, 5.74) is 1.13. The Morgan fingerprint density at radius 1 is 1.33 bits per heavy atom. The van der Waals surface area contributed by atoms with Crippen molar-refractivity contribution < 1.29 is 14.7 Å². The summed E-state index contributed by atoms with van der Waals surface area (Å²) in [5, 5.41) is 11.9. The van der Waals surface area contributed by atoms with Crippen molar-refractivity contribution in [2.75, 3.05) is 19.6 Å². The second kappa shape index (κ2) is 5.64. The topological polar surface area (TPSA) is 69.6 Å². The zero-order valence-corrected chi connectivity index (χ0v) is 10.1. The van der Waals surface area contributed by atoms with Gasteiger partial charge in [0, 0.05) is 32.6 Å². The second-order valence-corrected chi connectivity index (χ2v) is 4.34. The molecule has 0 aromatic heterocycles. The van der Waals surface area contributed by atoms with Crippen LogP contribution in [0.2, 0.25) is 0 Å². The zero-order chi connectivity index (χ0) is 13.0. The van der Waals surface area contributed by atoms with Crippen LogP contribution in [0.5, 0.6) is 0 Å². The lowest BCUT2D eigenvalue weighted by Gasteiger charge is -2.19. The Balaban J connectivity index is 2.09. The van der Waals surface area contributed by atoms with E-state index in [0.717, 1.165) is 12.1 Å². The Bertz CT molecular complexity index is 459. The largest absolute Gasteiger partial charge is 0.478 e. The Morgan fingerprint density at radius 2 is 2.11 bits per heavy atom. The van der Waals surface area contributed by atoms with E-state index in [1.807, 2.05) is 12.1 Å². The number of rotatable bonds is 3. The van der Waals surface area contributed by atoms with Gasteiger partial charge < -0.3 is 10.4 Å². The third-order valence-electron chi connectivity index (χ3n) is 3.05. The van der Waals surface area contributed by atoms with Gasteiger partial charge in [-0.3, -0.25) is 9.69 Å². The summed E-state index contributed by atoms with van der Waals surface area (Å²) in [5.74, 6) is -0.848. The molecule has 0 bridgehead atoms. The number of hydrogen-bond acceptors (Lipinski definition) is 3. The lowest BCUT2D eigenvalue weighted by atomic mass is 10.1. The highest BCUT2D eigenvalue weighted by Gasteiger charge is 2.16. The van der Waals surface area contributed by atoms with Crippen LogP contribution >= 0.6 is 0 Å². The summed E-state index contributed by atoms with van der Waals surface area (Å²) < 4.78 is 0. The lowest BCUT2D eigenvalue weighted by Crippen LogP contribution is -2.28. The molecule has 1 aliphatic heterocycles. The number of carbonyl (C=O) groups excluding carboxylic acids is 1. The molecule has 18 heavy (non-hydrogen) atoms. The molecule has 1 aromatic carbocycles. The number of carbonyl (C=O) groups is 2. The van der Waals surface area contributed by atoms with Crippen molar-refractivity contribution in [1.29, 1.82) is 0 Å². The number of hydrogen-bond donors (Lipinski definition) is 2. The molecular formula is C13H16N2O3. The van der Waals surface area contributed by atoms with Crippen LogP contribution < -0.4 is 5.32 Å². The molecule has 0 spiro atoms. The molecule has 1 heterocycles. The molecule has 5 nitrogen and oxygen atoms in total. The molecule has 2 N–H and O–H groups in total. The molecule has 0 radical (unpaired) electrons. The number of carboxylic acids is 1. The first-order valence-electron chi connectivity index (χ1n) is 5.97. The average Bonchev–Trinajstić information content (AvgIpc) is 2.55. The van der Waals surface area contributed by atoms with Gasteiger partial charge in [-0.25, -0.2) is 4.79 Å². The minimum atomic E-state index is -0.908. The van der Waals surface area contributed by atoms with Gasteiger partial charge in [0.1, 0.15) is 0 Å². The fourth-order valence-electron chi connectivity index (χ4n) is 2.08. The van der Waals surface area contributed by atoms with E-state index in [1.54, 1.807) is 12.1 Å². The van der Waals surface area contributed by atoms with Crippen LogP contribution in [0.4, 0.5) is 0 Å². The van der Waals surface area contributed by atoms with E-state index in [1.165, 1.54) is 0 Å². The minimum Gasteiger partial charge on any atom is -0.478 e. The van der Waals surface area contributed by atoms with Gasteiger partial charge >= 0.3 is 5.97 Å². The van der Waals surface area contributed by atoms with E-state index in [4.69, 9.17) is 5.11 Å². The van der Waals surface area contributed by atoms with Gasteiger partial charge in [0.25, 0.3) is 0 Å². The predicted octanol–water partition coefficient (Wildman–Crippen LogP) is 0.707. The van der Waals surface area contributed by atoms with Crippen LogP contribution in [0.1, 0.15) is 22.3 Å². The quantitative estimate of drug-likeness (QED) is 0.826. The fraction of sp³-hybridized carbons (Fsp3) is 0.385. The van der Waals surface area contributed by atoms with Crippen LogP contribution in [-0.2, 0) is 11.3 Å². The van der Waals surface area contributed by atoms with E-state index >= 15 is 0 Å². The van der Waals surface area contributed by atoms with Gasteiger partial charge in [-0.2, -0.15) is 0 Å². The number of benzene rings is 1. The van der Waals surface area contributed by atoms with Crippen molar-refractivity contribution in [2.45, 2.75) is 13.0 Å². The molecule has 0 saturated carbocycles. The molecule has 1 aromatic rings. The Hall–Kier alpha value is -1.88. The van der Waals surface area contributed by atoms with Gasteiger partial charge in [-0.15, -0.1) is 0 Å². The average molecular weight is 248 g/mol.